The van der Waals surface area contributed by atoms with Gasteiger partial charge in [-0.1, -0.05) is 36.4 Å². The molecule has 0 spiro atoms. The van der Waals surface area contributed by atoms with E-state index in [2.05, 4.69) is 12.1 Å². The molecule has 0 amide bonds. The second-order valence-corrected chi connectivity index (χ2v) is 7.06. The van der Waals surface area contributed by atoms with E-state index in [0.29, 0.717) is 0 Å². The highest BCUT2D eigenvalue weighted by Crippen LogP contribution is 2.52. The first-order valence-electron chi connectivity index (χ1n) is 7.09. The van der Waals surface area contributed by atoms with Gasteiger partial charge in [-0.2, -0.15) is 0 Å². The van der Waals surface area contributed by atoms with Gasteiger partial charge in [-0.15, -0.1) is 0 Å². The average molecular weight is 296 g/mol. The van der Waals surface area contributed by atoms with Crippen LogP contribution in [0.5, 0.6) is 0 Å². The van der Waals surface area contributed by atoms with Crippen LogP contribution in [0, 0.1) is 0 Å². The summed E-state index contributed by atoms with van der Waals surface area (Å²) >= 11 is 0. The molecule has 0 heterocycles. The molecule has 0 N–H and O–H groups in total. The van der Waals surface area contributed by atoms with Crippen molar-refractivity contribution in [3.63, 3.8) is 0 Å². The van der Waals surface area contributed by atoms with E-state index >= 15 is 0 Å². The summed E-state index contributed by atoms with van der Waals surface area (Å²) in [5.74, 6) is 1.59. The van der Waals surface area contributed by atoms with Crippen LogP contribution < -0.4 is 0 Å². The normalized spacial score (nSPS) is 12.7. The molecule has 0 saturated heterocycles. The number of benzene rings is 1. The Morgan fingerprint density at radius 1 is 1.05 bits per heavy atom. The van der Waals surface area contributed by atoms with Crippen LogP contribution in [0.2, 0.25) is 0 Å². The first kappa shape index (κ1) is 17.2. The van der Waals surface area contributed by atoms with Crippen molar-refractivity contribution in [2.75, 3.05) is 0 Å². The summed E-state index contributed by atoms with van der Waals surface area (Å²) in [6.07, 6.45) is 3.37. The summed E-state index contributed by atoms with van der Waals surface area (Å²) in [5.41, 5.74) is 1.27. The van der Waals surface area contributed by atoms with E-state index in [1.807, 2.05) is 52.0 Å². The number of hydrogen-bond donors (Lipinski definition) is 0. The van der Waals surface area contributed by atoms with Gasteiger partial charge in [-0.25, -0.2) is 0 Å². The first-order valence-corrected chi connectivity index (χ1v) is 8.70. The van der Waals surface area contributed by atoms with Gasteiger partial charge in [0.05, 0.1) is 12.2 Å². The molecule has 0 unspecified atom stereocenters. The van der Waals surface area contributed by atoms with Gasteiger partial charge >= 0.3 is 7.60 Å². The minimum atomic E-state index is -3.13. The van der Waals surface area contributed by atoms with Gasteiger partial charge in [-0.3, -0.25) is 4.57 Å². The fourth-order valence-corrected chi connectivity index (χ4v) is 3.55. The molecular formula is C16H25O3P. The molecule has 3 nitrogen and oxygen atoms in total. The molecule has 0 saturated carbocycles. The quantitative estimate of drug-likeness (QED) is 0.620. The van der Waals surface area contributed by atoms with E-state index < -0.39 is 7.60 Å². The predicted octanol–water partition coefficient (Wildman–Crippen LogP) is 5.18. The monoisotopic (exact) mass is 296 g/mol. The fraction of sp³-hybridized carbons (Fsp3) is 0.500. The van der Waals surface area contributed by atoms with Crippen molar-refractivity contribution in [3.8, 4) is 0 Å². The van der Waals surface area contributed by atoms with Crippen molar-refractivity contribution in [3.05, 3.63) is 47.8 Å². The number of hydrogen-bond acceptors (Lipinski definition) is 3. The standard InChI is InChI=1S/C16H25O3P/c1-14(2)18-20(17,19-15(3)4)13-9-8-12-16-10-6-5-7-11-16/h5-7,9-11,13-15H,8,12H2,1-4H3/b13-9+. The van der Waals surface area contributed by atoms with Crippen LogP contribution in [0.25, 0.3) is 0 Å². The van der Waals surface area contributed by atoms with Gasteiger partial charge in [0.25, 0.3) is 0 Å². The summed E-state index contributed by atoms with van der Waals surface area (Å²) in [7, 11) is -3.13. The van der Waals surface area contributed by atoms with Crippen molar-refractivity contribution >= 4 is 7.60 Å². The molecule has 0 atom stereocenters. The molecule has 0 aliphatic rings. The van der Waals surface area contributed by atoms with Crippen LogP contribution in [0.15, 0.2) is 42.2 Å². The Bertz CT molecular complexity index is 438. The third kappa shape index (κ3) is 7.04. The summed E-state index contributed by atoms with van der Waals surface area (Å²) < 4.78 is 23.4. The minimum Gasteiger partial charge on any atom is -0.303 e. The highest BCUT2D eigenvalue weighted by Gasteiger charge is 2.23. The third-order valence-electron chi connectivity index (χ3n) is 2.45. The highest BCUT2D eigenvalue weighted by molar-refractivity contribution is 7.57. The van der Waals surface area contributed by atoms with Gasteiger partial charge in [0.2, 0.25) is 0 Å². The maximum absolute atomic E-state index is 12.5. The predicted molar refractivity (Wildman–Crippen MR) is 84.0 cm³/mol. The maximum atomic E-state index is 12.5. The maximum Gasteiger partial charge on any atom is 0.354 e. The zero-order chi connectivity index (χ0) is 15.0. The molecule has 1 rings (SSSR count). The molecule has 0 aromatic heterocycles. The summed E-state index contributed by atoms with van der Waals surface area (Å²) in [5, 5.41) is 0. The molecule has 0 fully saturated rings. The van der Waals surface area contributed by atoms with Crippen molar-refractivity contribution in [2.45, 2.75) is 52.7 Å². The average Bonchev–Trinajstić information content (AvgIpc) is 2.34. The Kier molecular flexibility index (Phi) is 7.22. The summed E-state index contributed by atoms with van der Waals surface area (Å²) in [6, 6.07) is 10.2. The zero-order valence-electron chi connectivity index (χ0n) is 12.8. The molecule has 20 heavy (non-hydrogen) atoms. The Balaban J connectivity index is 2.56. The van der Waals surface area contributed by atoms with Crippen molar-refractivity contribution in [1.29, 1.82) is 0 Å². The zero-order valence-corrected chi connectivity index (χ0v) is 13.7. The van der Waals surface area contributed by atoms with Gasteiger partial charge in [0.1, 0.15) is 0 Å². The van der Waals surface area contributed by atoms with Crippen LogP contribution in [-0.2, 0) is 20.0 Å². The van der Waals surface area contributed by atoms with E-state index in [4.69, 9.17) is 9.05 Å². The lowest BCUT2D eigenvalue weighted by molar-refractivity contribution is 0.149. The second-order valence-electron chi connectivity index (χ2n) is 5.26. The Morgan fingerprint density at radius 3 is 2.10 bits per heavy atom. The number of rotatable bonds is 8. The molecule has 4 heteroatoms. The highest BCUT2D eigenvalue weighted by atomic mass is 31.2. The Hall–Kier alpha value is -0.890. The molecule has 1 aromatic rings. The van der Waals surface area contributed by atoms with E-state index in [9.17, 15) is 4.57 Å². The van der Waals surface area contributed by atoms with Crippen LogP contribution in [0.3, 0.4) is 0 Å². The van der Waals surface area contributed by atoms with E-state index in [1.54, 1.807) is 5.82 Å². The topological polar surface area (TPSA) is 35.5 Å². The molecular weight excluding hydrogens is 271 g/mol. The van der Waals surface area contributed by atoms with Crippen molar-refractivity contribution < 1.29 is 13.6 Å². The van der Waals surface area contributed by atoms with Gasteiger partial charge < -0.3 is 9.05 Å². The molecule has 0 radical (unpaired) electrons. The third-order valence-corrected chi connectivity index (χ3v) is 4.45. The van der Waals surface area contributed by atoms with Crippen LogP contribution in [0.1, 0.15) is 39.7 Å². The van der Waals surface area contributed by atoms with Crippen LogP contribution in [0.4, 0.5) is 0 Å². The smallest absolute Gasteiger partial charge is 0.303 e. The number of aryl methyl sites for hydroxylation is 1. The largest absolute Gasteiger partial charge is 0.354 e. The van der Waals surface area contributed by atoms with E-state index in [0.717, 1.165) is 12.8 Å². The molecule has 0 bridgehead atoms. The van der Waals surface area contributed by atoms with Crippen LogP contribution in [-0.4, -0.2) is 12.2 Å². The summed E-state index contributed by atoms with van der Waals surface area (Å²) in [4.78, 5) is 0. The minimum absolute atomic E-state index is 0.127. The van der Waals surface area contributed by atoms with E-state index in [-0.39, 0.29) is 12.2 Å². The number of allylic oxidation sites excluding steroid dienone is 1. The lowest BCUT2D eigenvalue weighted by atomic mass is 10.1. The Labute approximate surface area is 122 Å². The first-order chi connectivity index (χ1) is 9.41. The van der Waals surface area contributed by atoms with Crippen LogP contribution >= 0.6 is 7.60 Å². The lowest BCUT2D eigenvalue weighted by Crippen LogP contribution is -2.06. The summed E-state index contributed by atoms with van der Waals surface area (Å²) in [6.45, 7) is 7.42. The van der Waals surface area contributed by atoms with Gasteiger partial charge in [0, 0.05) is 5.82 Å². The molecule has 1 aromatic carbocycles. The molecule has 112 valence electrons. The second kappa shape index (κ2) is 8.41. The SMILES string of the molecule is CC(C)OP(=O)(/C=C/CCc1ccccc1)OC(C)C. The van der Waals surface area contributed by atoms with Crippen molar-refractivity contribution in [2.24, 2.45) is 0 Å². The van der Waals surface area contributed by atoms with Crippen molar-refractivity contribution in [1.82, 2.24) is 0 Å². The van der Waals surface area contributed by atoms with E-state index in [1.165, 1.54) is 5.56 Å². The fourth-order valence-electron chi connectivity index (χ4n) is 1.78. The Morgan fingerprint density at radius 2 is 1.60 bits per heavy atom. The molecule has 0 aliphatic carbocycles. The molecule has 0 aliphatic heterocycles. The van der Waals surface area contributed by atoms with Gasteiger partial charge in [0.15, 0.2) is 0 Å². The lowest BCUT2D eigenvalue weighted by Gasteiger charge is -2.19. The van der Waals surface area contributed by atoms with Gasteiger partial charge in [-0.05, 0) is 46.1 Å².